The van der Waals surface area contributed by atoms with Crippen LogP contribution in [0, 0.1) is 11.8 Å². The zero-order chi connectivity index (χ0) is 23.1. The van der Waals surface area contributed by atoms with E-state index in [-0.39, 0.29) is 18.7 Å². The molecule has 32 heavy (non-hydrogen) atoms. The SMILES string of the molecule is CCCc1cc(=O)oc2cc(OCC(=O)NCC#Cc3cccc(C(F)(F)F)c3)ccc12. The zero-order valence-corrected chi connectivity index (χ0v) is 17.2. The summed E-state index contributed by atoms with van der Waals surface area (Å²) < 4.78 is 48.8. The molecule has 1 heterocycles. The summed E-state index contributed by atoms with van der Waals surface area (Å²) >= 11 is 0. The topological polar surface area (TPSA) is 68.5 Å². The average molecular weight is 443 g/mol. The smallest absolute Gasteiger partial charge is 0.416 e. The number of ether oxygens (including phenoxy) is 1. The second-order valence-electron chi connectivity index (χ2n) is 6.94. The zero-order valence-electron chi connectivity index (χ0n) is 17.2. The maximum Gasteiger partial charge on any atom is 0.416 e. The number of halogens is 3. The van der Waals surface area contributed by atoms with Crippen molar-refractivity contribution in [1.82, 2.24) is 5.32 Å². The molecule has 5 nitrogen and oxygen atoms in total. The van der Waals surface area contributed by atoms with Gasteiger partial charge in [-0.05, 0) is 42.3 Å². The Hall–Kier alpha value is -3.73. The second kappa shape index (κ2) is 10.1. The van der Waals surface area contributed by atoms with Crippen LogP contribution in [0.5, 0.6) is 5.75 Å². The van der Waals surface area contributed by atoms with E-state index in [1.54, 1.807) is 18.2 Å². The van der Waals surface area contributed by atoms with Crippen LogP contribution in [0.25, 0.3) is 11.0 Å². The minimum absolute atomic E-state index is 0.0502. The third kappa shape index (κ3) is 6.14. The molecule has 0 aliphatic heterocycles. The molecule has 2 aromatic carbocycles. The second-order valence-corrected chi connectivity index (χ2v) is 6.94. The number of carbonyl (C=O) groups is 1. The molecular formula is C24H20F3NO4. The molecule has 0 saturated carbocycles. The molecular weight excluding hydrogens is 423 g/mol. The summed E-state index contributed by atoms with van der Waals surface area (Å²) in [5.74, 6) is 5.09. The number of amides is 1. The van der Waals surface area contributed by atoms with Gasteiger partial charge in [0.05, 0.1) is 12.1 Å². The fraction of sp³-hybridized carbons (Fsp3) is 0.250. The maximum absolute atomic E-state index is 12.7. The van der Waals surface area contributed by atoms with Crippen LogP contribution >= 0.6 is 0 Å². The minimum Gasteiger partial charge on any atom is -0.484 e. The van der Waals surface area contributed by atoms with Gasteiger partial charge in [0.2, 0.25) is 0 Å². The van der Waals surface area contributed by atoms with Crippen LogP contribution in [0.2, 0.25) is 0 Å². The highest BCUT2D eigenvalue weighted by molar-refractivity contribution is 5.82. The van der Waals surface area contributed by atoms with Crippen LogP contribution in [0.15, 0.2) is 57.7 Å². The summed E-state index contributed by atoms with van der Waals surface area (Å²) in [6.45, 7) is 1.67. The number of rotatable bonds is 6. The van der Waals surface area contributed by atoms with Gasteiger partial charge < -0.3 is 14.5 Å². The number of carbonyl (C=O) groups excluding carboxylic acids is 1. The van der Waals surface area contributed by atoms with Crippen LogP contribution in [-0.4, -0.2) is 19.1 Å². The summed E-state index contributed by atoms with van der Waals surface area (Å²) in [6, 6.07) is 11.1. The van der Waals surface area contributed by atoms with Gasteiger partial charge in [0.1, 0.15) is 11.3 Å². The van der Waals surface area contributed by atoms with E-state index in [1.165, 1.54) is 18.2 Å². The molecule has 3 aromatic rings. The van der Waals surface area contributed by atoms with Crippen molar-refractivity contribution in [3.8, 4) is 17.6 Å². The lowest BCUT2D eigenvalue weighted by Gasteiger charge is -2.08. The van der Waals surface area contributed by atoms with Crippen LogP contribution in [0.4, 0.5) is 13.2 Å². The molecule has 0 unspecified atom stereocenters. The predicted octanol–water partition coefficient (Wildman–Crippen LogP) is 4.31. The van der Waals surface area contributed by atoms with E-state index in [2.05, 4.69) is 17.2 Å². The Labute approximate surface area is 182 Å². The van der Waals surface area contributed by atoms with Crippen LogP contribution < -0.4 is 15.7 Å². The molecule has 0 spiro atoms. The van der Waals surface area contributed by atoms with Crippen LogP contribution in [0.3, 0.4) is 0 Å². The van der Waals surface area contributed by atoms with E-state index >= 15 is 0 Å². The fourth-order valence-corrected chi connectivity index (χ4v) is 3.04. The lowest BCUT2D eigenvalue weighted by molar-refractivity contribution is -0.137. The van der Waals surface area contributed by atoms with E-state index in [0.29, 0.717) is 11.3 Å². The van der Waals surface area contributed by atoms with E-state index in [1.807, 2.05) is 6.92 Å². The molecule has 0 bridgehead atoms. The molecule has 0 atom stereocenters. The largest absolute Gasteiger partial charge is 0.484 e. The van der Waals surface area contributed by atoms with Crippen molar-refractivity contribution in [3.05, 3.63) is 75.6 Å². The Bertz CT molecular complexity index is 1240. The number of hydrogen-bond donors (Lipinski definition) is 1. The van der Waals surface area contributed by atoms with Crippen molar-refractivity contribution in [3.63, 3.8) is 0 Å². The van der Waals surface area contributed by atoms with Gasteiger partial charge in [-0.3, -0.25) is 4.79 Å². The first kappa shape index (κ1) is 22.9. The maximum atomic E-state index is 12.7. The van der Waals surface area contributed by atoms with Crippen molar-refractivity contribution >= 4 is 16.9 Å². The highest BCUT2D eigenvalue weighted by Gasteiger charge is 2.30. The Balaban J connectivity index is 1.55. The first-order chi connectivity index (χ1) is 15.3. The minimum atomic E-state index is -4.44. The number of aryl methyl sites for hydroxylation is 1. The van der Waals surface area contributed by atoms with E-state index in [0.717, 1.165) is 35.9 Å². The van der Waals surface area contributed by atoms with Gasteiger partial charge in [0.25, 0.3) is 5.91 Å². The normalized spacial score (nSPS) is 11.0. The Morgan fingerprint density at radius 1 is 1.16 bits per heavy atom. The molecule has 1 aromatic heterocycles. The third-order valence-corrected chi connectivity index (χ3v) is 4.49. The molecule has 0 aliphatic rings. The summed E-state index contributed by atoms with van der Waals surface area (Å²) in [5.41, 5.74) is 0.239. The van der Waals surface area contributed by atoms with Gasteiger partial charge in [-0.2, -0.15) is 13.2 Å². The van der Waals surface area contributed by atoms with Crippen molar-refractivity contribution < 1.29 is 27.1 Å². The van der Waals surface area contributed by atoms with Crippen molar-refractivity contribution in [2.75, 3.05) is 13.2 Å². The van der Waals surface area contributed by atoms with Gasteiger partial charge in [0, 0.05) is 23.1 Å². The molecule has 1 amide bonds. The van der Waals surface area contributed by atoms with Crippen LogP contribution in [0.1, 0.15) is 30.0 Å². The van der Waals surface area contributed by atoms with E-state index < -0.39 is 23.3 Å². The summed E-state index contributed by atoms with van der Waals surface area (Å²) in [4.78, 5) is 23.7. The number of fused-ring (bicyclic) bond motifs is 1. The molecule has 1 N–H and O–H groups in total. The summed E-state index contributed by atoms with van der Waals surface area (Å²) in [6.07, 6.45) is -2.81. The molecule has 0 radical (unpaired) electrons. The van der Waals surface area contributed by atoms with Crippen molar-refractivity contribution in [1.29, 1.82) is 0 Å². The number of nitrogens with one attached hydrogen (secondary N) is 1. The monoisotopic (exact) mass is 443 g/mol. The van der Waals surface area contributed by atoms with Gasteiger partial charge in [0.15, 0.2) is 6.61 Å². The first-order valence-electron chi connectivity index (χ1n) is 9.88. The van der Waals surface area contributed by atoms with E-state index in [9.17, 15) is 22.8 Å². The van der Waals surface area contributed by atoms with Crippen molar-refractivity contribution in [2.24, 2.45) is 0 Å². The van der Waals surface area contributed by atoms with Gasteiger partial charge in [-0.25, -0.2) is 4.79 Å². The summed E-state index contributed by atoms with van der Waals surface area (Å²) in [5, 5.41) is 3.32. The third-order valence-electron chi connectivity index (χ3n) is 4.49. The molecule has 8 heteroatoms. The lowest BCUT2D eigenvalue weighted by atomic mass is 10.1. The number of benzene rings is 2. The molecule has 3 rings (SSSR count). The molecule has 166 valence electrons. The summed E-state index contributed by atoms with van der Waals surface area (Å²) in [7, 11) is 0. The highest BCUT2D eigenvalue weighted by atomic mass is 19.4. The Morgan fingerprint density at radius 3 is 2.72 bits per heavy atom. The van der Waals surface area contributed by atoms with Gasteiger partial charge >= 0.3 is 11.8 Å². The number of alkyl halides is 3. The number of hydrogen-bond acceptors (Lipinski definition) is 4. The van der Waals surface area contributed by atoms with E-state index in [4.69, 9.17) is 9.15 Å². The average Bonchev–Trinajstić information content (AvgIpc) is 2.75. The molecule has 0 fully saturated rings. The highest BCUT2D eigenvalue weighted by Crippen LogP contribution is 2.29. The van der Waals surface area contributed by atoms with Gasteiger partial charge in [-0.1, -0.05) is 31.3 Å². The Kier molecular flexibility index (Phi) is 7.21. The fourth-order valence-electron chi connectivity index (χ4n) is 3.04. The standard InChI is InChI=1S/C24H20F3NO4/c1-2-5-17-13-23(30)32-21-14-19(9-10-20(17)21)31-15-22(29)28-11-4-7-16-6-3-8-18(12-16)24(25,26)27/h3,6,8-10,12-14H,2,5,11,15H2,1H3,(H,28,29). The molecule has 0 aliphatic carbocycles. The Morgan fingerprint density at radius 2 is 1.97 bits per heavy atom. The first-order valence-corrected chi connectivity index (χ1v) is 9.88. The van der Waals surface area contributed by atoms with Crippen molar-refractivity contribution in [2.45, 2.75) is 25.9 Å². The quantitative estimate of drug-likeness (QED) is 0.455. The molecule has 0 saturated heterocycles. The predicted molar refractivity (Wildman–Crippen MR) is 113 cm³/mol. The van der Waals surface area contributed by atoms with Crippen LogP contribution in [-0.2, 0) is 17.4 Å². The van der Waals surface area contributed by atoms with Gasteiger partial charge in [-0.15, -0.1) is 0 Å². The lowest BCUT2D eigenvalue weighted by Crippen LogP contribution is -2.29.